The second-order valence-corrected chi connectivity index (χ2v) is 5.53. The second kappa shape index (κ2) is 5.65. The number of pyridine rings is 1. The molecule has 0 saturated heterocycles. The molecule has 2 aromatic rings. The van der Waals surface area contributed by atoms with Crippen LogP contribution in [-0.4, -0.2) is 12.0 Å². The standard InChI is InChI=1S/C13H12Br2N2/c1-17(13-7-3-6-12(15)16-13)9-10-4-2-5-11(14)8-10/h2-8H,9H2,1H3. The lowest BCUT2D eigenvalue weighted by molar-refractivity contribution is 0.894. The van der Waals surface area contributed by atoms with E-state index in [0.29, 0.717) is 0 Å². The second-order valence-electron chi connectivity index (χ2n) is 3.80. The monoisotopic (exact) mass is 354 g/mol. The minimum absolute atomic E-state index is 0.836. The van der Waals surface area contributed by atoms with Crippen molar-refractivity contribution in [3.63, 3.8) is 0 Å². The van der Waals surface area contributed by atoms with E-state index in [1.54, 1.807) is 0 Å². The highest BCUT2D eigenvalue weighted by Crippen LogP contribution is 2.17. The van der Waals surface area contributed by atoms with E-state index in [1.165, 1.54) is 5.56 Å². The summed E-state index contributed by atoms with van der Waals surface area (Å²) in [6.45, 7) is 0.836. The van der Waals surface area contributed by atoms with Gasteiger partial charge in [-0.1, -0.05) is 34.1 Å². The molecule has 4 heteroatoms. The molecule has 0 bridgehead atoms. The van der Waals surface area contributed by atoms with Gasteiger partial charge in [0.05, 0.1) is 0 Å². The molecule has 0 aliphatic carbocycles. The summed E-state index contributed by atoms with van der Waals surface area (Å²) in [5, 5.41) is 0. The zero-order chi connectivity index (χ0) is 12.3. The lowest BCUT2D eigenvalue weighted by Gasteiger charge is -2.18. The fourth-order valence-corrected chi connectivity index (χ4v) is 2.38. The minimum atomic E-state index is 0.836. The molecule has 2 nitrogen and oxygen atoms in total. The van der Waals surface area contributed by atoms with Crippen LogP contribution in [0.2, 0.25) is 0 Å². The van der Waals surface area contributed by atoms with Crippen LogP contribution in [0.3, 0.4) is 0 Å². The molecular weight excluding hydrogens is 344 g/mol. The predicted molar refractivity (Wildman–Crippen MR) is 78.2 cm³/mol. The molecule has 0 N–H and O–H groups in total. The molecule has 88 valence electrons. The first kappa shape index (κ1) is 12.6. The highest BCUT2D eigenvalue weighted by molar-refractivity contribution is 9.10. The van der Waals surface area contributed by atoms with Crippen LogP contribution in [0.15, 0.2) is 51.5 Å². The third-order valence-electron chi connectivity index (χ3n) is 2.40. The van der Waals surface area contributed by atoms with Gasteiger partial charge in [-0.15, -0.1) is 0 Å². The van der Waals surface area contributed by atoms with E-state index < -0.39 is 0 Å². The summed E-state index contributed by atoms with van der Waals surface area (Å²) < 4.78 is 1.96. The average molecular weight is 356 g/mol. The molecule has 1 heterocycles. The van der Waals surface area contributed by atoms with Crippen molar-refractivity contribution in [3.05, 3.63) is 57.1 Å². The van der Waals surface area contributed by atoms with Gasteiger partial charge >= 0.3 is 0 Å². The van der Waals surface area contributed by atoms with E-state index in [9.17, 15) is 0 Å². The van der Waals surface area contributed by atoms with E-state index in [0.717, 1.165) is 21.4 Å². The first-order valence-electron chi connectivity index (χ1n) is 5.23. The number of anilines is 1. The lowest BCUT2D eigenvalue weighted by Crippen LogP contribution is -2.17. The zero-order valence-electron chi connectivity index (χ0n) is 9.40. The molecule has 0 spiro atoms. The molecule has 0 atom stereocenters. The van der Waals surface area contributed by atoms with Crippen LogP contribution in [0, 0.1) is 0 Å². The van der Waals surface area contributed by atoms with Crippen LogP contribution in [0.1, 0.15) is 5.56 Å². The maximum atomic E-state index is 4.42. The van der Waals surface area contributed by atoms with Crippen molar-refractivity contribution in [2.24, 2.45) is 0 Å². The highest BCUT2D eigenvalue weighted by Gasteiger charge is 2.04. The van der Waals surface area contributed by atoms with Gasteiger partial charge in [0.2, 0.25) is 0 Å². The van der Waals surface area contributed by atoms with Crippen LogP contribution >= 0.6 is 31.9 Å². The summed E-state index contributed by atoms with van der Waals surface area (Å²) >= 11 is 6.86. The molecular formula is C13H12Br2N2. The first-order chi connectivity index (χ1) is 8.15. The average Bonchev–Trinajstić information content (AvgIpc) is 2.29. The van der Waals surface area contributed by atoms with Crippen LogP contribution in [0.5, 0.6) is 0 Å². The summed E-state index contributed by atoms with van der Waals surface area (Å²) in [5.41, 5.74) is 1.25. The lowest BCUT2D eigenvalue weighted by atomic mass is 10.2. The van der Waals surface area contributed by atoms with E-state index in [-0.39, 0.29) is 0 Å². The Kier molecular flexibility index (Phi) is 4.18. The molecule has 0 aliphatic rings. The maximum Gasteiger partial charge on any atom is 0.129 e. The van der Waals surface area contributed by atoms with Crippen molar-refractivity contribution < 1.29 is 0 Å². The van der Waals surface area contributed by atoms with Crippen molar-refractivity contribution >= 4 is 37.7 Å². The molecule has 1 aromatic carbocycles. The van der Waals surface area contributed by atoms with Crippen molar-refractivity contribution in [1.82, 2.24) is 4.98 Å². The Morgan fingerprint density at radius 3 is 2.59 bits per heavy atom. The Bertz CT molecular complexity index is 514. The maximum absolute atomic E-state index is 4.42. The fourth-order valence-electron chi connectivity index (χ4n) is 1.60. The van der Waals surface area contributed by atoms with Gasteiger partial charge in [0.1, 0.15) is 10.4 Å². The number of nitrogens with zero attached hydrogens (tertiary/aromatic N) is 2. The van der Waals surface area contributed by atoms with Crippen LogP contribution in [-0.2, 0) is 6.54 Å². The summed E-state index contributed by atoms with van der Waals surface area (Å²) in [4.78, 5) is 6.54. The number of hydrogen-bond acceptors (Lipinski definition) is 2. The summed E-state index contributed by atoms with van der Waals surface area (Å²) in [6, 6.07) is 14.2. The molecule has 1 aromatic heterocycles. The van der Waals surface area contributed by atoms with Crippen molar-refractivity contribution in [2.45, 2.75) is 6.54 Å². The van der Waals surface area contributed by atoms with Gasteiger partial charge in [0.25, 0.3) is 0 Å². The van der Waals surface area contributed by atoms with Gasteiger partial charge in [0.15, 0.2) is 0 Å². The number of rotatable bonds is 3. The quantitative estimate of drug-likeness (QED) is 0.765. The molecule has 0 fully saturated rings. The third-order valence-corrected chi connectivity index (χ3v) is 3.34. The van der Waals surface area contributed by atoms with Crippen LogP contribution in [0.4, 0.5) is 5.82 Å². The van der Waals surface area contributed by atoms with Crippen molar-refractivity contribution in [1.29, 1.82) is 0 Å². The third kappa shape index (κ3) is 3.54. The van der Waals surface area contributed by atoms with Gasteiger partial charge < -0.3 is 4.90 Å². The molecule has 0 amide bonds. The minimum Gasteiger partial charge on any atom is -0.355 e. The Balaban J connectivity index is 2.14. The highest BCUT2D eigenvalue weighted by atomic mass is 79.9. The van der Waals surface area contributed by atoms with Crippen molar-refractivity contribution in [2.75, 3.05) is 11.9 Å². The predicted octanol–water partition coefficient (Wildman–Crippen LogP) is 4.24. The molecule has 17 heavy (non-hydrogen) atoms. The van der Waals surface area contributed by atoms with Gasteiger partial charge in [-0.05, 0) is 45.8 Å². The van der Waals surface area contributed by atoms with Gasteiger partial charge in [-0.25, -0.2) is 4.98 Å². The van der Waals surface area contributed by atoms with Gasteiger partial charge in [-0.3, -0.25) is 0 Å². The number of benzene rings is 1. The van der Waals surface area contributed by atoms with Crippen LogP contribution < -0.4 is 4.90 Å². The molecule has 2 rings (SSSR count). The van der Waals surface area contributed by atoms with E-state index in [1.807, 2.05) is 37.4 Å². The Morgan fingerprint density at radius 1 is 1.12 bits per heavy atom. The van der Waals surface area contributed by atoms with Crippen molar-refractivity contribution in [3.8, 4) is 0 Å². The summed E-state index contributed by atoms with van der Waals surface area (Å²) in [7, 11) is 2.04. The SMILES string of the molecule is CN(Cc1cccc(Br)c1)c1cccc(Br)n1. The molecule has 0 saturated carbocycles. The van der Waals surface area contributed by atoms with E-state index in [4.69, 9.17) is 0 Å². The summed E-state index contributed by atoms with van der Waals surface area (Å²) in [6.07, 6.45) is 0. The molecule has 0 aliphatic heterocycles. The van der Waals surface area contributed by atoms with Gasteiger partial charge in [0, 0.05) is 18.1 Å². The molecule has 0 radical (unpaired) electrons. The Labute approximate surface area is 118 Å². The fraction of sp³-hybridized carbons (Fsp3) is 0.154. The normalized spacial score (nSPS) is 10.3. The van der Waals surface area contributed by atoms with E-state index >= 15 is 0 Å². The summed E-state index contributed by atoms with van der Waals surface area (Å²) in [5.74, 6) is 0.958. The Hall–Kier alpha value is -0.870. The number of aromatic nitrogens is 1. The Morgan fingerprint density at radius 2 is 1.88 bits per heavy atom. The zero-order valence-corrected chi connectivity index (χ0v) is 12.6. The van der Waals surface area contributed by atoms with Gasteiger partial charge in [-0.2, -0.15) is 0 Å². The topological polar surface area (TPSA) is 16.1 Å². The molecule has 0 unspecified atom stereocenters. The number of hydrogen-bond donors (Lipinski definition) is 0. The van der Waals surface area contributed by atoms with Crippen LogP contribution in [0.25, 0.3) is 0 Å². The van der Waals surface area contributed by atoms with E-state index in [2.05, 4.69) is 53.9 Å². The first-order valence-corrected chi connectivity index (χ1v) is 6.82. The largest absolute Gasteiger partial charge is 0.355 e. The number of halogens is 2. The smallest absolute Gasteiger partial charge is 0.129 e.